The number of para-hydroxylation sites is 1. The van der Waals surface area contributed by atoms with Gasteiger partial charge in [-0.05, 0) is 49.7 Å². The second-order valence-electron chi connectivity index (χ2n) is 7.69. The maximum atomic E-state index is 12.8. The monoisotopic (exact) mass is 321 g/mol. The minimum atomic E-state index is -0.164. The first-order valence-corrected chi connectivity index (χ1v) is 9.14. The number of fused-ring (bicyclic) bond motifs is 2. The molecule has 1 amide bonds. The van der Waals surface area contributed by atoms with E-state index in [1.54, 1.807) is 0 Å². The first-order valence-electron chi connectivity index (χ1n) is 9.14. The lowest BCUT2D eigenvalue weighted by atomic mass is 9.72. The normalized spacial score (nSPS) is 28.8. The predicted molar refractivity (Wildman–Crippen MR) is 93.6 cm³/mol. The van der Waals surface area contributed by atoms with Crippen LogP contribution in [0.1, 0.15) is 31.2 Å². The number of carbonyl (C=O) groups excluding carboxylic acids is 1. The van der Waals surface area contributed by atoms with Crippen molar-refractivity contribution in [1.82, 2.24) is 15.2 Å². The third-order valence-electron chi connectivity index (χ3n) is 6.06. The molecule has 6 rings (SSSR count). The van der Waals surface area contributed by atoms with Crippen molar-refractivity contribution < 1.29 is 4.79 Å². The second kappa shape index (κ2) is 5.28. The summed E-state index contributed by atoms with van der Waals surface area (Å²) in [7, 11) is 0. The molecule has 1 aromatic carbocycles. The van der Waals surface area contributed by atoms with Crippen molar-refractivity contribution in [2.24, 2.45) is 5.92 Å². The Labute approximate surface area is 142 Å². The maximum Gasteiger partial charge on any atom is 0.240 e. The molecule has 0 atom stereocenters. The maximum absolute atomic E-state index is 12.8. The van der Waals surface area contributed by atoms with E-state index in [1.165, 1.54) is 18.4 Å². The highest BCUT2D eigenvalue weighted by Gasteiger charge is 2.63. The molecule has 124 valence electrons. The van der Waals surface area contributed by atoms with Crippen molar-refractivity contribution in [1.29, 1.82) is 0 Å². The molecule has 4 heteroatoms. The number of nitrogens with one attached hydrogen (secondary N) is 1. The van der Waals surface area contributed by atoms with Gasteiger partial charge in [-0.15, -0.1) is 0 Å². The Kier molecular flexibility index (Phi) is 3.17. The number of carbonyl (C=O) groups is 1. The largest absolute Gasteiger partial charge is 0.354 e. The molecule has 1 N–H and O–H groups in total. The molecular formula is C20H23N3O. The highest BCUT2D eigenvalue weighted by Crippen LogP contribution is 2.54. The van der Waals surface area contributed by atoms with E-state index in [0.29, 0.717) is 12.6 Å². The van der Waals surface area contributed by atoms with Gasteiger partial charge in [0.15, 0.2) is 0 Å². The van der Waals surface area contributed by atoms with Crippen LogP contribution in [0, 0.1) is 5.92 Å². The van der Waals surface area contributed by atoms with Crippen LogP contribution in [0.4, 0.5) is 0 Å². The van der Waals surface area contributed by atoms with E-state index in [1.807, 2.05) is 12.3 Å². The third-order valence-corrected chi connectivity index (χ3v) is 6.06. The summed E-state index contributed by atoms with van der Waals surface area (Å²) in [6.07, 6.45) is 7.39. The highest BCUT2D eigenvalue weighted by molar-refractivity contribution is 5.88. The van der Waals surface area contributed by atoms with E-state index in [4.69, 9.17) is 0 Å². The van der Waals surface area contributed by atoms with Crippen LogP contribution in [0.15, 0.2) is 36.5 Å². The molecular weight excluding hydrogens is 298 g/mol. The van der Waals surface area contributed by atoms with Gasteiger partial charge in [-0.3, -0.25) is 14.7 Å². The molecule has 2 aliphatic heterocycles. The molecule has 2 aromatic rings. The van der Waals surface area contributed by atoms with Gasteiger partial charge in [-0.2, -0.15) is 0 Å². The fraction of sp³-hybridized carbons (Fsp3) is 0.500. The van der Waals surface area contributed by atoms with Crippen LogP contribution in [0.3, 0.4) is 0 Å². The molecule has 4 aliphatic rings. The molecule has 24 heavy (non-hydrogen) atoms. The number of hydrogen-bond donors (Lipinski definition) is 1. The molecule has 4 nitrogen and oxygen atoms in total. The molecule has 4 fully saturated rings. The number of hydrogen-bond acceptors (Lipinski definition) is 3. The molecule has 0 radical (unpaired) electrons. The number of aromatic nitrogens is 1. The van der Waals surface area contributed by atoms with Crippen molar-refractivity contribution in [2.75, 3.05) is 13.1 Å². The zero-order valence-electron chi connectivity index (χ0n) is 13.9. The quantitative estimate of drug-likeness (QED) is 0.920. The van der Waals surface area contributed by atoms with Gasteiger partial charge in [0.2, 0.25) is 5.91 Å². The highest BCUT2D eigenvalue weighted by atomic mass is 16.2. The lowest BCUT2D eigenvalue weighted by molar-refractivity contribution is -0.134. The van der Waals surface area contributed by atoms with Crippen molar-refractivity contribution in [3.63, 3.8) is 0 Å². The van der Waals surface area contributed by atoms with Crippen molar-refractivity contribution in [3.05, 3.63) is 42.1 Å². The molecule has 2 bridgehead atoms. The molecule has 2 saturated carbocycles. The van der Waals surface area contributed by atoms with Crippen molar-refractivity contribution in [2.45, 2.75) is 43.7 Å². The molecule has 3 heterocycles. The smallest absolute Gasteiger partial charge is 0.240 e. The van der Waals surface area contributed by atoms with Crippen LogP contribution < -0.4 is 5.32 Å². The zero-order chi connectivity index (χ0) is 16.1. The van der Waals surface area contributed by atoms with Gasteiger partial charge in [0.25, 0.3) is 0 Å². The average Bonchev–Trinajstić information content (AvgIpc) is 3.25. The van der Waals surface area contributed by atoms with Crippen LogP contribution in [-0.4, -0.2) is 40.5 Å². The van der Waals surface area contributed by atoms with E-state index in [9.17, 15) is 4.79 Å². The number of nitrogens with zero attached hydrogens (tertiary/aromatic N) is 2. The standard InChI is InChI=1S/C20H23N3O/c24-19(20-11-14(12-20)13-23(20)17-6-7-17)22-10-8-16-4-1-3-15-5-2-9-21-18(15)16/h1-5,9,14,17H,6-8,10-13H2,(H,22,24). The summed E-state index contributed by atoms with van der Waals surface area (Å²) in [6, 6.07) is 11.0. The van der Waals surface area contributed by atoms with E-state index in [2.05, 4.69) is 39.5 Å². The van der Waals surface area contributed by atoms with Crippen molar-refractivity contribution in [3.8, 4) is 0 Å². The minimum absolute atomic E-state index is 0.164. The van der Waals surface area contributed by atoms with Gasteiger partial charge in [0.05, 0.1) is 5.52 Å². The Bertz CT molecular complexity index is 787. The molecule has 1 aromatic heterocycles. The summed E-state index contributed by atoms with van der Waals surface area (Å²) in [5, 5.41) is 4.38. The molecule has 0 unspecified atom stereocenters. The minimum Gasteiger partial charge on any atom is -0.354 e. The van der Waals surface area contributed by atoms with Gasteiger partial charge in [-0.25, -0.2) is 0 Å². The summed E-state index contributed by atoms with van der Waals surface area (Å²) >= 11 is 0. The SMILES string of the molecule is O=C(NCCc1cccc2cccnc12)C12CC(CN1C1CC1)C2. The number of benzene rings is 1. The summed E-state index contributed by atoms with van der Waals surface area (Å²) in [4.78, 5) is 19.8. The Balaban J connectivity index is 1.26. The lowest BCUT2D eigenvalue weighted by Gasteiger charge is -2.41. The second-order valence-corrected chi connectivity index (χ2v) is 7.69. The van der Waals surface area contributed by atoms with Crippen LogP contribution >= 0.6 is 0 Å². The molecule has 2 saturated heterocycles. The number of amides is 1. The van der Waals surface area contributed by atoms with Gasteiger partial charge in [0.1, 0.15) is 5.54 Å². The van der Waals surface area contributed by atoms with E-state index < -0.39 is 0 Å². The summed E-state index contributed by atoms with van der Waals surface area (Å²) in [5.41, 5.74) is 2.10. The predicted octanol–water partition coefficient (Wildman–Crippen LogP) is 2.52. The molecule has 2 aliphatic carbocycles. The Morgan fingerprint density at radius 2 is 2.08 bits per heavy atom. The zero-order valence-corrected chi connectivity index (χ0v) is 13.9. The topological polar surface area (TPSA) is 45.2 Å². The van der Waals surface area contributed by atoms with Crippen LogP contribution in [0.2, 0.25) is 0 Å². The fourth-order valence-corrected chi connectivity index (χ4v) is 4.76. The van der Waals surface area contributed by atoms with E-state index >= 15 is 0 Å². The van der Waals surface area contributed by atoms with E-state index in [0.717, 1.165) is 42.6 Å². The van der Waals surface area contributed by atoms with Gasteiger partial charge >= 0.3 is 0 Å². The Morgan fingerprint density at radius 3 is 2.92 bits per heavy atom. The first kappa shape index (κ1) is 14.4. The number of rotatable bonds is 5. The van der Waals surface area contributed by atoms with Crippen LogP contribution in [0.5, 0.6) is 0 Å². The lowest BCUT2D eigenvalue weighted by Crippen LogP contribution is -2.58. The van der Waals surface area contributed by atoms with Crippen LogP contribution in [-0.2, 0) is 11.2 Å². The average molecular weight is 321 g/mol. The first-order chi connectivity index (χ1) is 11.8. The van der Waals surface area contributed by atoms with Gasteiger partial charge in [-0.1, -0.05) is 24.3 Å². The van der Waals surface area contributed by atoms with Crippen LogP contribution in [0.25, 0.3) is 10.9 Å². The Morgan fingerprint density at radius 1 is 1.25 bits per heavy atom. The fourth-order valence-electron chi connectivity index (χ4n) is 4.76. The Hall–Kier alpha value is -1.94. The molecule has 0 spiro atoms. The van der Waals surface area contributed by atoms with E-state index in [-0.39, 0.29) is 11.4 Å². The summed E-state index contributed by atoms with van der Waals surface area (Å²) in [6.45, 7) is 1.84. The van der Waals surface area contributed by atoms with Gasteiger partial charge in [0, 0.05) is 30.7 Å². The summed E-state index contributed by atoms with van der Waals surface area (Å²) < 4.78 is 0. The van der Waals surface area contributed by atoms with Gasteiger partial charge < -0.3 is 5.32 Å². The third kappa shape index (κ3) is 2.16. The van der Waals surface area contributed by atoms with Crippen molar-refractivity contribution >= 4 is 16.8 Å². The number of pyridine rings is 1. The summed E-state index contributed by atoms with van der Waals surface area (Å²) in [5.74, 6) is 1.02.